The van der Waals surface area contributed by atoms with Gasteiger partial charge in [-0.05, 0) is 12.8 Å². The highest BCUT2D eigenvalue weighted by Crippen LogP contribution is 1.92. The maximum Gasteiger partial charge on any atom is 0.321 e. The molecule has 0 aromatic heterocycles. The maximum atomic E-state index is 10.2. The number of aliphatic carboxylic acids is 3. The van der Waals surface area contributed by atoms with E-state index in [1.165, 1.54) is 0 Å². The van der Waals surface area contributed by atoms with E-state index in [4.69, 9.17) is 37.9 Å². The molecular weight excluding hydrogens is 286 g/mol. The standard InChI is InChI=1S/C6H14N4O2.C4H7NO4/c7-4(5(11)12)2-1-3-10-6(8)9;5-2(4(8)9)1-3(6)7/h4H,1-3,7H2,(H,11,12)(H4,8,9,10);2H,1,5H2,(H,6,7)(H,8,9). The summed E-state index contributed by atoms with van der Waals surface area (Å²) in [6, 6.07) is -2.11. The third-order valence-corrected chi connectivity index (χ3v) is 2.04. The molecule has 11 nitrogen and oxygen atoms in total. The predicted octanol–water partition coefficient (Wildman–Crippen LogP) is -2.47. The lowest BCUT2D eigenvalue weighted by molar-refractivity contribution is -0.144. The zero-order chi connectivity index (χ0) is 17.0. The fourth-order valence-corrected chi connectivity index (χ4v) is 0.944. The van der Waals surface area contributed by atoms with Crippen molar-refractivity contribution < 1.29 is 29.7 Å². The average Bonchev–Trinajstić information content (AvgIpc) is 2.33. The van der Waals surface area contributed by atoms with Gasteiger partial charge in [0.15, 0.2) is 5.96 Å². The molecule has 0 aromatic carbocycles. The lowest BCUT2D eigenvalue weighted by atomic mass is 10.2. The second-order valence-electron chi connectivity index (χ2n) is 3.97. The Balaban J connectivity index is 0. The van der Waals surface area contributed by atoms with Crippen LogP contribution in [0.5, 0.6) is 0 Å². The fourth-order valence-electron chi connectivity index (χ4n) is 0.944. The quantitative estimate of drug-likeness (QED) is 0.134. The van der Waals surface area contributed by atoms with Crippen molar-refractivity contribution in [3.8, 4) is 0 Å². The molecule has 2 unspecified atom stereocenters. The molecule has 2 atom stereocenters. The van der Waals surface area contributed by atoms with Crippen molar-refractivity contribution >= 4 is 23.9 Å². The highest BCUT2D eigenvalue weighted by molar-refractivity contribution is 5.80. The van der Waals surface area contributed by atoms with Crippen LogP contribution in [0, 0.1) is 5.41 Å². The molecule has 0 aromatic rings. The number of guanidine groups is 1. The second-order valence-corrected chi connectivity index (χ2v) is 3.97. The van der Waals surface area contributed by atoms with E-state index in [0.29, 0.717) is 19.4 Å². The first-order valence-corrected chi connectivity index (χ1v) is 5.84. The van der Waals surface area contributed by atoms with E-state index < -0.39 is 36.4 Å². The van der Waals surface area contributed by atoms with Gasteiger partial charge in [0.05, 0.1) is 6.42 Å². The Morgan fingerprint density at radius 2 is 1.52 bits per heavy atom. The van der Waals surface area contributed by atoms with Crippen LogP contribution in [-0.4, -0.2) is 57.8 Å². The van der Waals surface area contributed by atoms with Crippen LogP contribution < -0.4 is 22.5 Å². The van der Waals surface area contributed by atoms with Crippen LogP contribution in [0.2, 0.25) is 0 Å². The highest BCUT2D eigenvalue weighted by atomic mass is 16.4. The minimum Gasteiger partial charge on any atom is -0.481 e. The van der Waals surface area contributed by atoms with Crippen molar-refractivity contribution in [2.75, 3.05) is 6.54 Å². The van der Waals surface area contributed by atoms with E-state index in [1.807, 2.05) is 0 Å². The Morgan fingerprint density at radius 1 is 1.05 bits per heavy atom. The summed E-state index contributed by atoms with van der Waals surface area (Å²) in [5.74, 6) is -3.61. The van der Waals surface area contributed by atoms with Gasteiger partial charge in [-0.1, -0.05) is 0 Å². The Morgan fingerprint density at radius 3 is 1.81 bits per heavy atom. The number of hydrogen-bond donors (Lipinski definition) is 8. The molecule has 0 aliphatic heterocycles. The second kappa shape index (κ2) is 11.4. The normalized spacial score (nSPS) is 12.3. The number of carboxylic acid groups (broad SMARTS) is 3. The Kier molecular flexibility index (Phi) is 11.4. The average molecular weight is 307 g/mol. The summed E-state index contributed by atoms with van der Waals surface area (Å²) in [6.07, 6.45) is 0.442. The van der Waals surface area contributed by atoms with Gasteiger partial charge in [0, 0.05) is 6.54 Å². The van der Waals surface area contributed by atoms with Crippen molar-refractivity contribution in [3.63, 3.8) is 0 Å². The summed E-state index contributed by atoms with van der Waals surface area (Å²) in [5, 5.41) is 33.7. The van der Waals surface area contributed by atoms with Gasteiger partial charge in [0.1, 0.15) is 12.1 Å². The molecule has 0 saturated heterocycles. The van der Waals surface area contributed by atoms with Gasteiger partial charge < -0.3 is 37.8 Å². The van der Waals surface area contributed by atoms with Gasteiger partial charge in [0.2, 0.25) is 0 Å². The van der Waals surface area contributed by atoms with Crippen LogP contribution in [0.25, 0.3) is 0 Å². The van der Waals surface area contributed by atoms with Crippen molar-refractivity contribution in [2.24, 2.45) is 17.2 Å². The Hall–Kier alpha value is -2.40. The SMILES string of the molecule is N=C(N)NCCCC(N)C(=O)O.NC(CC(=O)O)C(=O)O. The molecule has 0 fully saturated rings. The molecule has 0 aliphatic rings. The van der Waals surface area contributed by atoms with Gasteiger partial charge in [-0.2, -0.15) is 0 Å². The molecule has 11 N–H and O–H groups in total. The summed E-state index contributed by atoms with van der Waals surface area (Å²) < 4.78 is 0. The van der Waals surface area contributed by atoms with Gasteiger partial charge in [0.25, 0.3) is 0 Å². The minimum atomic E-state index is -1.29. The topological polar surface area (TPSA) is 226 Å². The molecule has 0 aliphatic carbocycles. The zero-order valence-electron chi connectivity index (χ0n) is 11.3. The van der Waals surface area contributed by atoms with Gasteiger partial charge in [-0.3, -0.25) is 19.8 Å². The third-order valence-electron chi connectivity index (χ3n) is 2.04. The van der Waals surface area contributed by atoms with Crippen molar-refractivity contribution in [1.82, 2.24) is 5.32 Å². The van der Waals surface area contributed by atoms with E-state index >= 15 is 0 Å². The van der Waals surface area contributed by atoms with Crippen molar-refractivity contribution in [3.05, 3.63) is 0 Å². The van der Waals surface area contributed by atoms with Crippen LogP contribution in [0.3, 0.4) is 0 Å². The number of carbonyl (C=O) groups is 3. The first-order valence-electron chi connectivity index (χ1n) is 5.84. The Bertz CT molecular complexity index is 375. The van der Waals surface area contributed by atoms with Gasteiger partial charge in [-0.15, -0.1) is 0 Å². The zero-order valence-corrected chi connectivity index (χ0v) is 11.3. The summed E-state index contributed by atoms with van der Waals surface area (Å²) in [6.45, 7) is 0.482. The van der Waals surface area contributed by atoms with Gasteiger partial charge >= 0.3 is 17.9 Å². The van der Waals surface area contributed by atoms with E-state index in [-0.39, 0.29) is 5.96 Å². The molecule has 0 spiro atoms. The molecule has 11 heteroatoms. The number of rotatable bonds is 8. The molecule has 21 heavy (non-hydrogen) atoms. The van der Waals surface area contributed by atoms with E-state index in [9.17, 15) is 14.4 Å². The fraction of sp³-hybridized carbons (Fsp3) is 0.600. The monoisotopic (exact) mass is 307 g/mol. The summed E-state index contributed by atoms with van der Waals surface area (Å²) >= 11 is 0. The van der Waals surface area contributed by atoms with Crippen molar-refractivity contribution in [1.29, 1.82) is 5.41 Å². The number of hydrogen-bond acceptors (Lipinski definition) is 6. The predicted molar refractivity (Wildman–Crippen MR) is 72.6 cm³/mol. The summed E-state index contributed by atoms with van der Waals surface area (Å²) in [7, 11) is 0. The van der Waals surface area contributed by atoms with E-state index in [2.05, 4.69) is 5.32 Å². The minimum absolute atomic E-state index is 0.112. The smallest absolute Gasteiger partial charge is 0.321 e. The number of nitrogens with two attached hydrogens (primary N) is 3. The number of carboxylic acids is 3. The largest absolute Gasteiger partial charge is 0.481 e. The van der Waals surface area contributed by atoms with Crippen LogP contribution >= 0.6 is 0 Å². The lowest BCUT2D eigenvalue weighted by Crippen LogP contribution is -2.34. The van der Waals surface area contributed by atoms with E-state index in [0.717, 1.165) is 0 Å². The first kappa shape index (κ1) is 20.9. The van der Waals surface area contributed by atoms with Crippen LogP contribution in [0.1, 0.15) is 19.3 Å². The molecule has 0 amide bonds. The molecular formula is C10H21N5O6. The van der Waals surface area contributed by atoms with Crippen molar-refractivity contribution in [2.45, 2.75) is 31.3 Å². The van der Waals surface area contributed by atoms with Gasteiger partial charge in [-0.25, -0.2) is 0 Å². The molecule has 0 bridgehead atoms. The molecule has 0 rings (SSSR count). The van der Waals surface area contributed by atoms with Crippen LogP contribution in [0.4, 0.5) is 0 Å². The van der Waals surface area contributed by atoms with E-state index in [1.54, 1.807) is 0 Å². The number of nitrogens with one attached hydrogen (secondary N) is 2. The molecule has 0 saturated carbocycles. The summed E-state index contributed by atoms with van der Waals surface area (Å²) in [5.41, 5.74) is 15.1. The molecule has 122 valence electrons. The van der Waals surface area contributed by atoms with Crippen LogP contribution in [-0.2, 0) is 14.4 Å². The summed E-state index contributed by atoms with van der Waals surface area (Å²) in [4.78, 5) is 29.8. The molecule has 0 radical (unpaired) electrons. The van der Waals surface area contributed by atoms with Crippen LogP contribution in [0.15, 0.2) is 0 Å². The lowest BCUT2D eigenvalue weighted by Gasteiger charge is -2.06. The highest BCUT2D eigenvalue weighted by Gasteiger charge is 2.14. The third kappa shape index (κ3) is 15.5. The Labute approximate surface area is 120 Å². The molecule has 0 heterocycles. The maximum absolute atomic E-state index is 10.2. The first-order chi connectivity index (χ1) is 9.57.